The molecule has 0 aliphatic heterocycles. The van der Waals surface area contributed by atoms with Gasteiger partial charge in [0, 0.05) is 0 Å². The molecule has 0 saturated heterocycles. The van der Waals surface area contributed by atoms with E-state index in [0.717, 1.165) is 0 Å². The van der Waals surface area contributed by atoms with E-state index in [4.69, 9.17) is 5.11 Å². The lowest BCUT2D eigenvalue weighted by molar-refractivity contribution is 0.0485. The first-order valence-electron chi connectivity index (χ1n) is 2.92. The van der Waals surface area contributed by atoms with Gasteiger partial charge >= 0.3 is 6.16 Å². The highest BCUT2D eigenvalue weighted by molar-refractivity contribution is 9.10. The van der Waals surface area contributed by atoms with Gasteiger partial charge in [-0.25, -0.2) is 4.79 Å². The van der Waals surface area contributed by atoms with E-state index in [1.54, 1.807) is 6.92 Å². The molecule has 60 valence electrons. The van der Waals surface area contributed by atoms with Crippen LogP contribution in [0.15, 0.2) is 0 Å². The van der Waals surface area contributed by atoms with Crippen molar-refractivity contribution in [2.45, 2.75) is 31.2 Å². The Bertz CT molecular complexity index is 127. The summed E-state index contributed by atoms with van der Waals surface area (Å²) < 4.78 is 4.18. The number of hydrogen-bond donors (Lipinski definition) is 1. The lowest BCUT2D eigenvalue weighted by Gasteiger charge is -2.23. The van der Waals surface area contributed by atoms with Gasteiger partial charge < -0.3 is 9.84 Å². The van der Waals surface area contributed by atoms with E-state index in [-0.39, 0.29) is 10.4 Å². The summed E-state index contributed by atoms with van der Waals surface area (Å²) in [4.78, 5) is 10.0. The van der Waals surface area contributed by atoms with Crippen LogP contribution in [0.1, 0.15) is 20.8 Å². The molecule has 0 bridgehead atoms. The van der Waals surface area contributed by atoms with E-state index in [2.05, 4.69) is 20.7 Å². The fourth-order valence-electron chi connectivity index (χ4n) is 0.291. The molecule has 0 aliphatic rings. The predicted molar refractivity (Wildman–Crippen MR) is 41.6 cm³/mol. The van der Waals surface area contributed by atoms with Crippen molar-refractivity contribution in [2.24, 2.45) is 0 Å². The van der Waals surface area contributed by atoms with Crippen LogP contribution in [0.4, 0.5) is 4.79 Å². The molecule has 0 spiro atoms. The number of ether oxygens (including phenoxy) is 1. The Hall–Kier alpha value is -0.250. The molecular weight excluding hydrogens is 200 g/mol. The Morgan fingerprint density at radius 1 is 1.70 bits per heavy atom. The summed E-state index contributed by atoms with van der Waals surface area (Å²) in [6.45, 7) is 5.39. The van der Waals surface area contributed by atoms with Gasteiger partial charge in [0.25, 0.3) is 0 Å². The van der Waals surface area contributed by atoms with E-state index in [1.165, 1.54) is 0 Å². The Labute approximate surface area is 68.5 Å². The highest BCUT2D eigenvalue weighted by atomic mass is 79.9. The van der Waals surface area contributed by atoms with Crippen LogP contribution in [0.5, 0.6) is 0 Å². The maximum atomic E-state index is 10.0. The molecule has 4 heteroatoms. The van der Waals surface area contributed by atoms with Crippen LogP contribution in [0.2, 0.25) is 0 Å². The van der Waals surface area contributed by atoms with Gasteiger partial charge in [0.1, 0.15) is 6.10 Å². The maximum Gasteiger partial charge on any atom is 0.506 e. The molecule has 0 heterocycles. The molecule has 1 unspecified atom stereocenters. The molecule has 0 aromatic carbocycles. The molecule has 0 rings (SSSR count). The van der Waals surface area contributed by atoms with Crippen molar-refractivity contribution >= 4 is 22.1 Å². The standard InChI is InChI=1S/C6H11BrO3/c1-4(6(2,3)7)10-5(8)9/h4H,1-3H3,(H,8,9). The second-order valence-electron chi connectivity index (χ2n) is 2.59. The predicted octanol–water partition coefficient (Wildman–Crippen LogP) is 2.24. The number of carbonyl (C=O) groups is 1. The number of halogens is 1. The fraction of sp³-hybridized carbons (Fsp3) is 0.833. The Balaban J connectivity index is 3.85. The molecule has 1 N–H and O–H groups in total. The minimum Gasteiger partial charge on any atom is -0.450 e. The second kappa shape index (κ2) is 3.23. The Kier molecular flexibility index (Phi) is 3.15. The van der Waals surface area contributed by atoms with E-state index in [9.17, 15) is 4.79 Å². The van der Waals surface area contributed by atoms with Crippen LogP contribution < -0.4 is 0 Å². The minimum absolute atomic E-state index is 0.300. The highest BCUT2D eigenvalue weighted by Crippen LogP contribution is 2.22. The van der Waals surface area contributed by atoms with Crippen LogP contribution in [0.25, 0.3) is 0 Å². The minimum atomic E-state index is -1.24. The zero-order valence-electron chi connectivity index (χ0n) is 6.22. The van der Waals surface area contributed by atoms with Crippen LogP contribution in [0.3, 0.4) is 0 Å². The molecule has 0 radical (unpaired) electrons. The fourth-order valence-corrected chi connectivity index (χ4v) is 0.385. The zero-order chi connectivity index (χ0) is 8.36. The van der Waals surface area contributed by atoms with E-state index in [0.29, 0.717) is 0 Å². The Morgan fingerprint density at radius 2 is 2.10 bits per heavy atom. The van der Waals surface area contributed by atoms with E-state index < -0.39 is 6.16 Å². The molecular formula is C6H11BrO3. The number of rotatable bonds is 2. The van der Waals surface area contributed by atoms with Crippen LogP contribution in [-0.4, -0.2) is 21.7 Å². The van der Waals surface area contributed by atoms with Gasteiger partial charge in [0.05, 0.1) is 4.32 Å². The van der Waals surface area contributed by atoms with Crippen molar-refractivity contribution in [3.05, 3.63) is 0 Å². The van der Waals surface area contributed by atoms with E-state index >= 15 is 0 Å². The summed E-state index contributed by atoms with van der Waals surface area (Å²) in [6, 6.07) is 0. The summed E-state index contributed by atoms with van der Waals surface area (Å²) in [6.07, 6.45) is -1.58. The van der Waals surface area contributed by atoms with E-state index in [1.807, 2.05) is 13.8 Å². The monoisotopic (exact) mass is 210 g/mol. The maximum absolute atomic E-state index is 10.0. The molecule has 3 nitrogen and oxygen atoms in total. The summed E-state index contributed by atoms with van der Waals surface area (Å²) in [5, 5.41) is 8.20. The molecule has 10 heavy (non-hydrogen) atoms. The largest absolute Gasteiger partial charge is 0.506 e. The van der Waals surface area contributed by atoms with Gasteiger partial charge in [-0.2, -0.15) is 0 Å². The quantitative estimate of drug-likeness (QED) is 0.562. The van der Waals surface area contributed by atoms with Crippen molar-refractivity contribution in [3.8, 4) is 0 Å². The topological polar surface area (TPSA) is 46.5 Å². The first-order chi connectivity index (χ1) is 4.34. The van der Waals surface area contributed by atoms with Gasteiger partial charge in [0.2, 0.25) is 0 Å². The van der Waals surface area contributed by atoms with Crippen molar-refractivity contribution in [2.75, 3.05) is 0 Å². The van der Waals surface area contributed by atoms with Gasteiger partial charge in [-0.3, -0.25) is 0 Å². The van der Waals surface area contributed by atoms with Crippen molar-refractivity contribution in [3.63, 3.8) is 0 Å². The van der Waals surface area contributed by atoms with Crippen LogP contribution in [0, 0.1) is 0 Å². The normalized spacial score (nSPS) is 14.4. The number of carboxylic acid groups (broad SMARTS) is 1. The SMILES string of the molecule is CC(OC(=O)O)C(C)(C)Br. The Morgan fingerprint density at radius 3 is 2.20 bits per heavy atom. The average Bonchev–Trinajstić information content (AvgIpc) is 1.60. The van der Waals surface area contributed by atoms with Gasteiger partial charge in [-0.15, -0.1) is 0 Å². The van der Waals surface area contributed by atoms with Gasteiger partial charge in [-0.05, 0) is 20.8 Å². The first kappa shape index (κ1) is 9.75. The van der Waals surface area contributed by atoms with Gasteiger partial charge in [-0.1, -0.05) is 15.9 Å². The smallest absolute Gasteiger partial charge is 0.450 e. The lowest BCUT2D eigenvalue weighted by Crippen LogP contribution is -2.31. The summed E-state index contributed by atoms with van der Waals surface area (Å²) in [7, 11) is 0. The molecule has 0 saturated carbocycles. The third kappa shape index (κ3) is 3.71. The molecule has 0 aromatic heterocycles. The number of hydrogen-bond acceptors (Lipinski definition) is 2. The second-order valence-corrected chi connectivity index (χ2v) is 4.63. The average molecular weight is 211 g/mol. The van der Waals surface area contributed by atoms with Gasteiger partial charge in [0.15, 0.2) is 0 Å². The third-order valence-corrected chi connectivity index (χ3v) is 1.89. The third-order valence-electron chi connectivity index (χ3n) is 1.24. The van der Waals surface area contributed by atoms with Crippen molar-refractivity contribution < 1.29 is 14.6 Å². The summed E-state index contributed by atoms with van der Waals surface area (Å²) >= 11 is 3.28. The summed E-state index contributed by atoms with van der Waals surface area (Å²) in [5.41, 5.74) is 0. The highest BCUT2D eigenvalue weighted by Gasteiger charge is 2.25. The zero-order valence-corrected chi connectivity index (χ0v) is 7.81. The van der Waals surface area contributed by atoms with Crippen molar-refractivity contribution in [1.82, 2.24) is 0 Å². The van der Waals surface area contributed by atoms with Crippen molar-refractivity contribution in [1.29, 1.82) is 0 Å². The molecule has 0 amide bonds. The summed E-state index contributed by atoms with van der Waals surface area (Å²) in [5.74, 6) is 0. The number of alkyl halides is 1. The van der Waals surface area contributed by atoms with Crippen LogP contribution >= 0.6 is 15.9 Å². The molecule has 0 aromatic rings. The first-order valence-corrected chi connectivity index (χ1v) is 3.72. The lowest BCUT2D eigenvalue weighted by atomic mass is 10.1. The van der Waals surface area contributed by atoms with Crippen LogP contribution in [-0.2, 0) is 4.74 Å². The molecule has 0 aliphatic carbocycles. The molecule has 0 fully saturated rings. The molecule has 1 atom stereocenters.